The SMILES string of the molecule is CCCCCCCCC(CCCCCC)COC(=O)CCCCCC(CCCCCC(O)OCC(CCCCCC)CCCCCCCC)CN(CCO)C1CCC1. The van der Waals surface area contributed by atoms with Crippen molar-refractivity contribution in [3.8, 4) is 0 Å². The minimum atomic E-state index is -0.638. The van der Waals surface area contributed by atoms with Gasteiger partial charge in [0, 0.05) is 25.6 Å². The molecule has 0 spiro atoms. The number of unbranched alkanes of at least 4 members (excludes halogenated alkanes) is 20. The average Bonchev–Trinajstić information content (AvgIpc) is 3.20. The molecule has 1 aliphatic carbocycles. The van der Waals surface area contributed by atoms with E-state index in [2.05, 4.69) is 32.6 Å². The van der Waals surface area contributed by atoms with Gasteiger partial charge >= 0.3 is 5.97 Å². The third kappa shape index (κ3) is 33.0. The van der Waals surface area contributed by atoms with E-state index in [4.69, 9.17) is 9.47 Å². The van der Waals surface area contributed by atoms with Crippen molar-refractivity contribution in [2.75, 3.05) is 32.9 Å². The Morgan fingerprint density at radius 1 is 0.534 bits per heavy atom. The molecule has 346 valence electrons. The van der Waals surface area contributed by atoms with Gasteiger partial charge in [0.15, 0.2) is 6.29 Å². The minimum absolute atomic E-state index is 0.00336. The van der Waals surface area contributed by atoms with Gasteiger partial charge in [0.05, 0.1) is 19.8 Å². The Kier molecular flexibility index (Phi) is 39.7. The van der Waals surface area contributed by atoms with Gasteiger partial charge in [-0.05, 0) is 88.4 Å². The predicted molar refractivity (Wildman–Crippen MR) is 249 cm³/mol. The molecule has 0 amide bonds. The molecule has 6 heteroatoms. The number of esters is 1. The molecule has 4 atom stereocenters. The molecule has 1 rings (SSSR count). The summed E-state index contributed by atoms with van der Waals surface area (Å²) in [7, 11) is 0. The summed E-state index contributed by atoms with van der Waals surface area (Å²) in [5, 5.41) is 20.6. The fraction of sp³-hybridized carbons (Fsp3) is 0.981. The summed E-state index contributed by atoms with van der Waals surface area (Å²) < 4.78 is 12.0. The number of rotatable bonds is 46. The van der Waals surface area contributed by atoms with E-state index in [-0.39, 0.29) is 12.6 Å². The molecule has 0 aliphatic heterocycles. The van der Waals surface area contributed by atoms with E-state index in [0.29, 0.717) is 43.4 Å². The highest BCUT2D eigenvalue weighted by atomic mass is 16.6. The van der Waals surface area contributed by atoms with E-state index in [0.717, 1.165) is 51.6 Å². The maximum absolute atomic E-state index is 12.8. The minimum Gasteiger partial charge on any atom is -0.465 e. The summed E-state index contributed by atoms with van der Waals surface area (Å²) in [6, 6.07) is 0.643. The van der Waals surface area contributed by atoms with Gasteiger partial charge in [-0.1, -0.05) is 188 Å². The lowest BCUT2D eigenvalue weighted by molar-refractivity contribution is -0.145. The van der Waals surface area contributed by atoms with Crippen molar-refractivity contribution in [2.24, 2.45) is 17.8 Å². The first-order valence-corrected chi connectivity index (χ1v) is 26.3. The first-order chi connectivity index (χ1) is 28.5. The van der Waals surface area contributed by atoms with Gasteiger partial charge in [0.1, 0.15) is 0 Å². The van der Waals surface area contributed by atoms with Crippen LogP contribution in [0.2, 0.25) is 0 Å². The van der Waals surface area contributed by atoms with Gasteiger partial charge in [-0.15, -0.1) is 0 Å². The third-order valence-corrected chi connectivity index (χ3v) is 13.4. The van der Waals surface area contributed by atoms with Crippen LogP contribution in [0.25, 0.3) is 0 Å². The zero-order chi connectivity index (χ0) is 42.2. The second kappa shape index (κ2) is 41.7. The van der Waals surface area contributed by atoms with Gasteiger partial charge < -0.3 is 19.7 Å². The number of aliphatic hydroxyl groups excluding tert-OH is 2. The molecule has 58 heavy (non-hydrogen) atoms. The molecule has 2 N–H and O–H groups in total. The van der Waals surface area contributed by atoms with E-state index in [1.807, 2.05) is 0 Å². The predicted octanol–water partition coefficient (Wildman–Crippen LogP) is 14.9. The Balaban J connectivity index is 2.46. The largest absolute Gasteiger partial charge is 0.465 e. The summed E-state index contributed by atoms with van der Waals surface area (Å²) in [4.78, 5) is 15.4. The maximum atomic E-state index is 12.8. The molecule has 1 aliphatic rings. The molecular weight excluding hydrogens is 719 g/mol. The molecule has 0 bridgehead atoms. The standard InChI is InChI=1S/C52H103NO5/c1-5-9-13-17-19-25-36-48(34-23-15-11-7-3)45-57-51(55)40-29-21-27-32-47(44-53(42-43-54)50-38-31-39-50)33-28-22-30-41-52(56)58-46-49(35-24-16-12-8-4)37-26-20-18-14-10-6-2/h47-51,54-55H,5-46H2,1-4H3. The fourth-order valence-electron chi connectivity index (χ4n) is 9.15. The van der Waals surface area contributed by atoms with Crippen LogP contribution in [0.4, 0.5) is 0 Å². The number of ether oxygens (including phenoxy) is 2. The highest BCUT2D eigenvalue weighted by Gasteiger charge is 2.26. The van der Waals surface area contributed by atoms with Crippen molar-refractivity contribution in [3.63, 3.8) is 0 Å². The Hall–Kier alpha value is -0.690. The molecule has 6 nitrogen and oxygen atoms in total. The first kappa shape index (κ1) is 55.3. The summed E-state index contributed by atoms with van der Waals surface area (Å²) >= 11 is 0. The van der Waals surface area contributed by atoms with Crippen molar-refractivity contribution in [1.82, 2.24) is 4.90 Å². The number of aliphatic hydroxyl groups is 2. The van der Waals surface area contributed by atoms with Crippen LogP contribution in [-0.4, -0.2) is 66.3 Å². The highest BCUT2D eigenvalue weighted by Crippen LogP contribution is 2.28. The van der Waals surface area contributed by atoms with Crippen LogP contribution in [0.1, 0.15) is 265 Å². The quantitative estimate of drug-likeness (QED) is 0.0362. The number of hydrogen-bond acceptors (Lipinski definition) is 6. The second-order valence-electron chi connectivity index (χ2n) is 18.9. The molecule has 1 fully saturated rings. The smallest absolute Gasteiger partial charge is 0.305 e. The zero-order valence-corrected chi connectivity index (χ0v) is 39.7. The second-order valence-corrected chi connectivity index (χ2v) is 18.9. The molecule has 4 unspecified atom stereocenters. The van der Waals surface area contributed by atoms with Gasteiger partial charge in [-0.25, -0.2) is 0 Å². The van der Waals surface area contributed by atoms with E-state index in [1.54, 1.807) is 0 Å². The lowest BCUT2D eigenvalue weighted by atomic mass is 9.88. The lowest BCUT2D eigenvalue weighted by Gasteiger charge is -2.39. The molecule has 0 aromatic heterocycles. The molecule has 0 radical (unpaired) electrons. The van der Waals surface area contributed by atoms with Crippen molar-refractivity contribution in [1.29, 1.82) is 0 Å². The topological polar surface area (TPSA) is 79.2 Å². The van der Waals surface area contributed by atoms with Crippen LogP contribution < -0.4 is 0 Å². The fourth-order valence-corrected chi connectivity index (χ4v) is 9.15. The van der Waals surface area contributed by atoms with E-state index in [9.17, 15) is 15.0 Å². The summed E-state index contributed by atoms with van der Waals surface area (Å²) in [6.45, 7) is 12.5. The Labute approximate surface area is 362 Å². The van der Waals surface area contributed by atoms with Crippen LogP contribution in [0.5, 0.6) is 0 Å². The van der Waals surface area contributed by atoms with Crippen LogP contribution in [0, 0.1) is 17.8 Å². The van der Waals surface area contributed by atoms with Crippen LogP contribution >= 0.6 is 0 Å². The van der Waals surface area contributed by atoms with Gasteiger partial charge in [0.2, 0.25) is 0 Å². The third-order valence-electron chi connectivity index (χ3n) is 13.4. The van der Waals surface area contributed by atoms with E-state index < -0.39 is 6.29 Å². The number of hydrogen-bond donors (Lipinski definition) is 2. The normalized spacial score (nSPS) is 15.4. The van der Waals surface area contributed by atoms with Crippen molar-refractivity contribution < 1.29 is 24.5 Å². The highest BCUT2D eigenvalue weighted by molar-refractivity contribution is 5.69. The number of carbonyl (C=O) groups excluding carboxylic acids is 1. The Morgan fingerprint density at radius 2 is 0.931 bits per heavy atom. The summed E-state index contributed by atoms with van der Waals surface area (Å²) in [5.74, 6) is 1.73. The zero-order valence-electron chi connectivity index (χ0n) is 39.7. The lowest BCUT2D eigenvalue weighted by Crippen LogP contribution is -2.44. The van der Waals surface area contributed by atoms with E-state index in [1.165, 1.54) is 193 Å². The number of carbonyl (C=O) groups is 1. The van der Waals surface area contributed by atoms with Crippen LogP contribution in [0.15, 0.2) is 0 Å². The maximum Gasteiger partial charge on any atom is 0.305 e. The van der Waals surface area contributed by atoms with E-state index >= 15 is 0 Å². The van der Waals surface area contributed by atoms with Crippen molar-refractivity contribution in [2.45, 2.75) is 278 Å². The summed E-state index contributed by atoms with van der Waals surface area (Å²) in [6.07, 6.45) is 44.5. The van der Waals surface area contributed by atoms with Crippen molar-refractivity contribution >= 4 is 5.97 Å². The average molecular weight is 822 g/mol. The first-order valence-electron chi connectivity index (χ1n) is 26.3. The van der Waals surface area contributed by atoms with Gasteiger partial charge in [-0.3, -0.25) is 9.69 Å². The molecule has 0 aromatic rings. The number of nitrogens with zero attached hydrogens (tertiary/aromatic N) is 1. The molecule has 1 saturated carbocycles. The van der Waals surface area contributed by atoms with Crippen LogP contribution in [0.3, 0.4) is 0 Å². The molecular formula is C52H103NO5. The Bertz CT molecular complexity index is 852. The molecule has 0 aromatic carbocycles. The van der Waals surface area contributed by atoms with Gasteiger partial charge in [-0.2, -0.15) is 0 Å². The monoisotopic (exact) mass is 822 g/mol. The summed E-state index contributed by atoms with van der Waals surface area (Å²) in [5.41, 5.74) is 0. The Morgan fingerprint density at radius 3 is 1.40 bits per heavy atom. The van der Waals surface area contributed by atoms with Crippen molar-refractivity contribution in [3.05, 3.63) is 0 Å². The molecule has 0 saturated heterocycles. The molecule has 0 heterocycles. The van der Waals surface area contributed by atoms with Crippen LogP contribution in [-0.2, 0) is 14.3 Å². The van der Waals surface area contributed by atoms with Gasteiger partial charge in [0.25, 0.3) is 0 Å².